The Hall–Kier alpha value is -4.71. The van der Waals surface area contributed by atoms with Crippen molar-refractivity contribution >= 4 is 35.3 Å². The summed E-state index contributed by atoms with van der Waals surface area (Å²) in [5.41, 5.74) is 1.34. The molecule has 0 amide bonds. The Morgan fingerprint density at radius 2 is 1.61 bits per heavy atom. The van der Waals surface area contributed by atoms with E-state index in [0.717, 1.165) is 11.3 Å². The average molecular weight is 581 g/mol. The molecule has 0 radical (unpaired) electrons. The molecule has 0 saturated heterocycles. The van der Waals surface area contributed by atoms with Crippen LogP contribution in [0.4, 0.5) is 0 Å². The van der Waals surface area contributed by atoms with Gasteiger partial charge in [-0.2, -0.15) is 0 Å². The van der Waals surface area contributed by atoms with Crippen molar-refractivity contribution in [2.45, 2.75) is 33.7 Å². The lowest BCUT2D eigenvalue weighted by molar-refractivity contribution is -0.139. The van der Waals surface area contributed by atoms with E-state index in [1.54, 1.807) is 44.2 Å². The first-order chi connectivity index (χ1) is 19.6. The number of carbonyl (C=O) groups excluding carboxylic acids is 3. The molecular formula is C29H28N2O9S. The number of fused-ring (bicyclic) bond motifs is 1. The largest absolute Gasteiger partial charge is 0.493 e. The van der Waals surface area contributed by atoms with Crippen LogP contribution in [-0.2, 0) is 19.1 Å². The van der Waals surface area contributed by atoms with E-state index in [1.165, 1.54) is 44.8 Å². The Morgan fingerprint density at radius 3 is 2.24 bits per heavy atom. The molecule has 11 nitrogen and oxygen atoms in total. The van der Waals surface area contributed by atoms with Crippen molar-refractivity contribution in [3.05, 3.63) is 78.5 Å². The van der Waals surface area contributed by atoms with Crippen LogP contribution in [-0.4, -0.2) is 43.3 Å². The molecule has 2 aromatic carbocycles. The summed E-state index contributed by atoms with van der Waals surface area (Å²) in [4.78, 5) is 55.1. The zero-order chi connectivity index (χ0) is 29.8. The predicted octanol–water partition coefficient (Wildman–Crippen LogP) is 2.67. The quantitative estimate of drug-likeness (QED) is 0.291. The van der Waals surface area contributed by atoms with Gasteiger partial charge in [-0.15, -0.1) is 0 Å². The summed E-state index contributed by atoms with van der Waals surface area (Å²) in [6, 6.07) is 8.87. The third-order valence-electron chi connectivity index (χ3n) is 6.01. The second kappa shape index (κ2) is 12.2. The van der Waals surface area contributed by atoms with Gasteiger partial charge in [-0.1, -0.05) is 23.5 Å². The topological polar surface area (TPSA) is 132 Å². The summed E-state index contributed by atoms with van der Waals surface area (Å²) in [6.07, 6.45) is 1.60. The maximum atomic E-state index is 13.9. The van der Waals surface area contributed by atoms with Crippen LogP contribution in [0.2, 0.25) is 0 Å². The molecule has 0 bridgehead atoms. The molecule has 3 aromatic rings. The molecule has 0 aliphatic carbocycles. The Morgan fingerprint density at radius 1 is 0.951 bits per heavy atom. The van der Waals surface area contributed by atoms with E-state index in [2.05, 4.69) is 4.99 Å². The van der Waals surface area contributed by atoms with E-state index in [9.17, 15) is 19.2 Å². The number of hydrogen-bond acceptors (Lipinski definition) is 11. The highest BCUT2D eigenvalue weighted by atomic mass is 32.1. The minimum atomic E-state index is -0.852. The number of carbonyl (C=O) groups is 3. The Kier molecular flexibility index (Phi) is 8.72. The standard InChI is InChI=1S/C29H28N2O9S/c1-7-38-28(35)25-15(2)30-29-31(26(25)19-9-11-20(36-5)22(14-19)37-6)27(34)24(41-29)13-18-8-10-21(39-16(3)32)23(12-18)40-17(4)33/h8-14,26H,7H2,1-6H3/b24-13-. The van der Waals surface area contributed by atoms with Crippen LogP contribution >= 0.6 is 11.3 Å². The van der Waals surface area contributed by atoms with Crippen molar-refractivity contribution in [1.82, 2.24) is 4.57 Å². The number of benzene rings is 2. The Bertz CT molecular complexity index is 1750. The van der Waals surface area contributed by atoms with Gasteiger partial charge in [-0.05, 0) is 55.3 Å². The molecule has 214 valence electrons. The lowest BCUT2D eigenvalue weighted by Crippen LogP contribution is -2.40. The monoisotopic (exact) mass is 580 g/mol. The van der Waals surface area contributed by atoms with Gasteiger partial charge in [0.2, 0.25) is 0 Å². The molecule has 1 aliphatic rings. The Labute approximate surface area is 238 Å². The molecule has 1 atom stereocenters. The van der Waals surface area contributed by atoms with Crippen LogP contribution in [0.5, 0.6) is 23.0 Å². The van der Waals surface area contributed by atoms with Gasteiger partial charge in [0.05, 0.1) is 42.7 Å². The summed E-state index contributed by atoms with van der Waals surface area (Å²) in [5.74, 6) is -0.768. The van der Waals surface area contributed by atoms with Gasteiger partial charge >= 0.3 is 17.9 Å². The molecule has 1 aromatic heterocycles. The second-order valence-corrected chi connectivity index (χ2v) is 9.82. The van der Waals surface area contributed by atoms with Crippen LogP contribution in [0.3, 0.4) is 0 Å². The van der Waals surface area contributed by atoms with Crippen molar-refractivity contribution < 1.29 is 38.1 Å². The number of hydrogen-bond donors (Lipinski definition) is 0. The van der Waals surface area contributed by atoms with Gasteiger partial charge in [-0.3, -0.25) is 19.0 Å². The lowest BCUT2D eigenvalue weighted by atomic mass is 9.95. The van der Waals surface area contributed by atoms with Gasteiger partial charge < -0.3 is 23.7 Å². The number of allylic oxidation sites excluding steroid dienone is 1. The van der Waals surface area contributed by atoms with Crippen molar-refractivity contribution in [3.63, 3.8) is 0 Å². The van der Waals surface area contributed by atoms with Crippen LogP contribution in [0.25, 0.3) is 6.08 Å². The molecule has 0 fully saturated rings. The molecule has 4 rings (SSSR count). The Balaban J connectivity index is 1.92. The maximum Gasteiger partial charge on any atom is 0.338 e. The van der Waals surface area contributed by atoms with Crippen molar-refractivity contribution in [1.29, 1.82) is 0 Å². The van der Waals surface area contributed by atoms with Crippen molar-refractivity contribution in [2.24, 2.45) is 4.99 Å². The number of methoxy groups -OCH3 is 2. The number of thiazole rings is 1. The van der Waals surface area contributed by atoms with Crippen molar-refractivity contribution in [2.75, 3.05) is 20.8 Å². The molecule has 1 aliphatic heterocycles. The van der Waals surface area contributed by atoms with Gasteiger partial charge in [0.1, 0.15) is 0 Å². The molecule has 41 heavy (non-hydrogen) atoms. The van der Waals surface area contributed by atoms with E-state index in [0.29, 0.717) is 37.7 Å². The van der Waals surface area contributed by atoms with E-state index >= 15 is 0 Å². The average Bonchev–Trinajstić information content (AvgIpc) is 3.22. The molecule has 1 unspecified atom stereocenters. The second-order valence-electron chi connectivity index (χ2n) is 8.81. The first kappa shape index (κ1) is 29.3. The summed E-state index contributed by atoms with van der Waals surface area (Å²) in [6.45, 7) is 5.99. The first-order valence-electron chi connectivity index (χ1n) is 12.5. The number of ether oxygens (including phenoxy) is 5. The van der Waals surface area contributed by atoms with Gasteiger partial charge in [0.25, 0.3) is 5.56 Å². The number of nitrogens with zero attached hydrogens (tertiary/aromatic N) is 2. The fourth-order valence-corrected chi connectivity index (χ4v) is 5.42. The van der Waals surface area contributed by atoms with Gasteiger partial charge in [0.15, 0.2) is 27.8 Å². The van der Waals surface area contributed by atoms with Crippen LogP contribution in [0.15, 0.2) is 57.5 Å². The van der Waals surface area contributed by atoms with Gasteiger partial charge in [0, 0.05) is 13.8 Å². The fourth-order valence-electron chi connectivity index (χ4n) is 4.37. The third-order valence-corrected chi connectivity index (χ3v) is 7.00. The zero-order valence-corrected chi connectivity index (χ0v) is 24.1. The summed E-state index contributed by atoms with van der Waals surface area (Å²) < 4.78 is 28.3. The summed E-state index contributed by atoms with van der Waals surface area (Å²) in [5, 5.41) is 0. The zero-order valence-electron chi connectivity index (χ0n) is 23.3. The van der Waals surface area contributed by atoms with Crippen LogP contribution in [0.1, 0.15) is 44.9 Å². The normalized spacial score (nSPS) is 14.6. The fraction of sp³-hybridized carbons (Fsp3) is 0.276. The van der Waals surface area contributed by atoms with E-state index in [-0.39, 0.29) is 23.7 Å². The van der Waals surface area contributed by atoms with Gasteiger partial charge in [-0.25, -0.2) is 9.79 Å². The van der Waals surface area contributed by atoms with E-state index in [4.69, 9.17) is 23.7 Å². The lowest BCUT2D eigenvalue weighted by Gasteiger charge is -2.25. The molecule has 0 saturated carbocycles. The van der Waals surface area contributed by atoms with Crippen LogP contribution < -0.4 is 33.8 Å². The third kappa shape index (κ3) is 6.07. The minimum absolute atomic E-state index is 0.0258. The maximum absolute atomic E-state index is 13.9. The molecule has 0 N–H and O–H groups in total. The van der Waals surface area contributed by atoms with Crippen LogP contribution in [0, 0.1) is 0 Å². The summed E-state index contributed by atoms with van der Waals surface area (Å²) in [7, 11) is 3.01. The van der Waals surface area contributed by atoms with Crippen molar-refractivity contribution in [3.8, 4) is 23.0 Å². The number of aromatic nitrogens is 1. The highest BCUT2D eigenvalue weighted by Gasteiger charge is 2.34. The molecule has 0 spiro atoms. The minimum Gasteiger partial charge on any atom is -0.493 e. The van der Waals surface area contributed by atoms with E-state index in [1.807, 2.05) is 0 Å². The predicted molar refractivity (Wildman–Crippen MR) is 149 cm³/mol. The number of esters is 3. The summed E-state index contributed by atoms with van der Waals surface area (Å²) >= 11 is 1.13. The first-order valence-corrected chi connectivity index (χ1v) is 13.3. The molecular weight excluding hydrogens is 552 g/mol. The SMILES string of the molecule is CCOC(=O)C1=C(C)N=c2s/c(=C\c3ccc(OC(C)=O)c(OC(C)=O)c3)c(=O)n2C1c1ccc(OC)c(OC)c1. The smallest absolute Gasteiger partial charge is 0.338 e. The molecule has 2 heterocycles. The molecule has 12 heteroatoms. The number of rotatable bonds is 8. The highest BCUT2D eigenvalue weighted by Crippen LogP contribution is 2.36. The highest BCUT2D eigenvalue weighted by molar-refractivity contribution is 7.07. The van der Waals surface area contributed by atoms with E-state index < -0.39 is 29.5 Å².